The molecule has 0 saturated carbocycles. The lowest BCUT2D eigenvalue weighted by Gasteiger charge is -2.27. The van der Waals surface area contributed by atoms with E-state index in [1.807, 2.05) is 0 Å². The maximum Gasteiger partial charge on any atom is 0.269 e. The van der Waals surface area contributed by atoms with Gasteiger partial charge in [0.15, 0.2) is 5.41 Å². The van der Waals surface area contributed by atoms with Crippen LogP contribution in [0.25, 0.3) is 11.1 Å². The smallest absolute Gasteiger partial charge is 0.269 e. The molecule has 7 rings (SSSR count). The molecule has 0 spiro atoms. The molecule has 0 atom stereocenters. The van der Waals surface area contributed by atoms with Gasteiger partial charge in [0, 0.05) is 0 Å². The molecule has 0 aliphatic carbocycles. The largest absolute Gasteiger partial charge is 0.271 e. The second-order valence-electron chi connectivity index (χ2n) is 11.9. The molecule has 1 aliphatic rings. The van der Waals surface area contributed by atoms with Crippen molar-refractivity contribution in [1.82, 2.24) is 0 Å². The minimum absolute atomic E-state index is 0.341. The summed E-state index contributed by atoms with van der Waals surface area (Å²) in [6.07, 6.45) is 3.01. The van der Waals surface area contributed by atoms with E-state index in [1.165, 1.54) is 119 Å². The van der Waals surface area contributed by atoms with Crippen molar-refractivity contribution >= 4 is 34.3 Å². The Hall–Kier alpha value is -6.54. The summed E-state index contributed by atoms with van der Waals surface area (Å²) in [4.78, 5) is 30.7. The fourth-order valence-corrected chi connectivity index (χ4v) is 6.16. The van der Waals surface area contributed by atoms with E-state index in [9.17, 15) is 17.6 Å². The maximum absolute atomic E-state index is 15.4. The summed E-state index contributed by atoms with van der Waals surface area (Å²) in [6.45, 7) is 0. The van der Waals surface area contributed by atoms with Crippen molar-refractivity contribution in [3.63, 3.8) is 0 Å². The third-order valence-electron chi connectivity index (χ3n) is 8.66. The molecule has 1 saturated heterocycles. The van der Waals surface area contributed by atoms with Gasteiger partial charge in [0.05, 0.1) is 11.4 Å². The van der Waals surface area contributed by atoms with Gasteiger partial charge in [-0.3, -0.25) is 9.59 Å². The van der Waals surface area contributed by atoms with E-state index in [1.54, 1.807) is 60.7 Å². The summed E-state index contributed by atoms with van der Waals surface area (Å²) in [5.74, 6) is -3.32. The molecule has 1 fully saturated rings. The highest BCUT2D eigenvalue weighted by atomic mass is 19.1. The maximum atomic E-state index is 15.4. The van der Waals surface area contributed by atoms with Crippen LogP contribution in [0, 0.1) is 28.7 Å². The molecule has 1 aliphatic heterocycles. The van der Waals surface area contributed by atoms with E-state index >= 15 is 9.59 Å². The predicted octanol–water partition coefficient (Wildman–Crippen LogP) is 9.79. The molecule has 6 aromatic carbocycles. The van der Waals surface area contributed by atoms with Crippen LogP contribution in [-0.4, -0.2) is 11.8 Å². The van der Waals surface area contributed by atoms with Gasteiger partial charge in [0.25, 0.3) is 11.8 Å². The average molecular weight is 681 g/mol. The number of anilines is 2. The van der Waals surface area contributed by atoms with Crippen LogP contribution in [0.2, 0.25) is 0 Å². The lowest BCUT2D eigenvalue weighted by atomic mass is 9.78. The Balaban J connectivity index is 1.59. The van der Waals surface area contributed by atoms with Crippen molar-refractivity contribution < 1.29 is 27.2 Å². The van der Waals surface area contributed by atoms with Gasteiger partial charge in [0.1, 0.15) is 23.3 Å². The summed E-state index contributed by atoms with van der Waals surface area (Å²) in [5, 5.41) is 2.59. The molecule has 51 heavy (non-hydrogen) atoms. The number of hydrogen-bond acceptors (Lipinski definition) is 2. The van der Waals surface area contributed by atoms with Crippen molar-refractivity contribution in [3.8, 4) is 0 Å². The topological polar surface area (TPSA) is 40.6 Å². The molecule has 0 radical (unpaired) electrons. The monoisotopic (exact) mass is 680 g/mol. The summed E-state index contributed by atoms with van der Waals surface area (Å²) in [7, 11) is 0. The van der Waals surface area contributed by atoms with Crippen LogP contribution in [0.1, 0.15) is 22.3 Å². The summed E-state index contributed by atoms with van der Waals surface area (Å²) < 4.78 is 57.0. The Kier molecular flexibility index (Phi) is 8.90. The third kappa shape index (κ3) is 6.47. The predicted molar refractivity (Wildman–Crippen MR) is 190 cm³/mol. The SMILES string of the molecule is O=C1N(c2ccccc2)N(c2ccccc2)C(=O)C1(C=C(c1ccc(F)cc1)c1ccc(F)cc1)C=C(c1ccc(F)cc1)c1ccc(F)cc1. The number of hydrazine groups is 1. The molecular formula is C43H28F4N2O2. The molecule has 0 N–H and O–H groups in total. The first-order valence-corrected chi connectivity index (χ1v) is 16.0. The van der Waals surface area contributed by atoms with Crippen LogP contribution in [0.4, 0.5) is 28.9 Å². The molecule has 2 amide bonds. The Labute approximate surface area is 291 Å². The number of hydrogen-bond donors (Lipinski definition) is 0. The zero-order valence-electron chi connectivity index (χ0n) is 26.9. The molecule has 0 unspecified atom stereocenters. The number of carbonyl (C=O) groups is 2. The molecule has 8 heteroatoms. The number of nitrogens with zero attached hydrogens (tertiary/aromatic N) is 2. The molecule has 6 aromatic rings. The van der Waals surface area contributed by atoms with Gasteiger partial charge in [-0.25, -0.2) is 27.6 Å². The van der Waals surface area contributed by atoms with Crippen molar-refractivity contribution in [1.29, 1.82) is 0 Å². The van der Waals surface area contributed by atoms with Crippen LogP contribution in [-0.2, 0) is 9.59 Å². The summed E-state index contributed by atoms with van der Waals surface area (Å²) in [5.41, 5.74) is 1.16. The summed E-state index contributed by atoms with van der Waals surface area (Å²) >= 11 is 0. The van der Waals surface area contributed by atoms with Crippen LogP contribution in [0.5, 0.6) is 0 Å². The Morgan fingerprint density at radius 1 is 0.392 bits per heavy atom. The van der Waals surface area contributed by atoms with Gasteiger partial charge in [-0.05, 0) is 118 Å². The fraction of sp³-hybridized carbons (Fsp3) is 0.0233. The highest BCUT2D eigenvalue weighted by molar-refractivity contribution is 6.30. The van der Waals surface area contributed by atoms with Crippen molar-refractivity contribution in [2.24, 2.45) is 5.41 Å². The quantitative estimate of drug-likeness (QED) is 0.119. The van der Waals surface area contributed by atoms with E-state index in [4.69, 9.17) is 0 Å². The second kappa shape index (κ2) is 13.8. The van der Waals surface area contributed by atoms with Gasteiger partial charge >= 0.3 is 0 Å². The van der Waals surface area contributed by atoms with E-state index in [0.717, 1.165) is 0 Å². The molecule has 4 nitrogen and oxygen atoms in total. The highest BCUT2D eigenvalue weighted by Crippen LogP contribution is 2.45. The fourth-order valence-electron chi connectivity index (χ4n) is 6.16. The first-order valence-electron chi connectivity index (χ1n) is 16.0. The average Bonchev–Trinajstić information content (AvgIpc) is 3.37. The molecule has 0 bridgehead atoms. The Morgan fingerprint density at radius 2 is 0.647 bits per heavy atom. The minimum atomic E-state index is -2.12. The van der Waals surface area contributed by atoms with Gasteiger partial charge < -0.3 is 0 Å². The van der Waals surface area contributed by atoms with Gasteiger partial charge in [-0.1, -0.05) is 84.9 Å². The highest BCUT2D eigenvalue weighted by Gasteiger charge is 2.57. The van der Waals surface area contributed by atoms with Crippen LogP contribution >= 0.6 is 0 Å². The number of benzene rings is 6. The van der Waals surface area contributed by atoms with E-state index in [0.29, 0.717) is 44.8 Å². The van der Waals surface area contributed by atoms with Crippen molar-refractivity contribution in [3.05, 3.63) is 215 Å². The number of carbonyl (C=O) groups excluding carboxylic acids is 2. The third-order valence-corrected chi connectivity index (χ3v) is 8.66. The minimum Gasteiger partial charge on any atom is -0.271 e. The van der Waals surface area contributed by atoms with Crippen molar-refractivity contribution in [2.75, 3.05) is 10.0 Å². The van der Waals surface area contributed by atoms with E-state index < -0.39 is 40.5 Å². The second-order valence-corrected chi connectivity index (χ2v) is 11.9. The zero-order valence-corrected chi connectivity index (χ0v) is 26.9. The molecule has 0 aromatic heterocycles. The Morgan fingerprint density at radius 3 is 0.902 bits per heavy atom. The molecule has 1 heterocycles. The Bertz CT molecular complexity index is 1990. The lowest BCUT2D eigenvalue weighted by molar-refractivity contribution is -0.129. The molecule has 250 valence electrons. The standard InChI is InChI=1S/C43H28F4N2O2/c44-33-19-11-29(12-20-33)39(30-13-21-34(45)22-14-30)27-43(28-40(31-15-23-35(46)24-16-31)32-17-25-36(47)26-18-32)41(50)48(37-7-3-1-4-8-37)49(42(43)51)38-9-5-2-6-10-38/h1-28H. The first kappa shape index (κ1) is 33.0. The molecular weight excluding hydrogens is 652 g/mol. The number of amides is 2. The van der Waals surface area contributed by atoms with E-state index in [2.05, 4.69) is 0 Å². The van der Waals surface area contributed by atoms with Gasteiger partial charge in [0.2, 0.25) is 0 Å². The lowest BCUT2D eigenvalue weighted by Crippen LogP contribution is -2.41. The zero-order chi connectivity index (χ0) is 35.5. The van der Waals surface area contributed by atoms with Crippen LogP contribution < -0.4 is 10.0 Å². The van der Waals surface area contributed by atoms with E-state index in [-0.39, 0.29) is 0 Å². The number of rotatable bonds is 8. The normalized spacial score (nSPS) is 13.6. The number of halogens is 4. The first-order chi connectivity index (χ1) is 24.7. The van der Waals surface area contributed by atoms with Crippen molar-refractivity contribution in [2.45, 2.75) is 0 Å². The van der Waals surface area contributed by atoms with Gasteiger partial charge in [-0.15, -0.1) is 0 Å². The van der Waals surface area contributed by atoms with Crippen LogP contribution in [0.3, 0.4) is 0 Å². The number of para-hydroxylation sites is 2. The van der Waals surface area contributed by atoms with Gasteiger partial charge in [-0.2, -0.15) is 0 Å². The van der Waals surface area contributed by atoms with Crippen LogP contribution in [0.15, 0.2) is 170 Å². The summed E-state index contributed by atoms with van der Waals surface area (Å²) in [6, 6.07) is 39.5.